The van der Waals surface area contributed by atoms with Crippen molar-refractivity contribution >= 4 is 15.7 Å². The Labute approximate surface area is 170 Å². The lowest BCUT2D eigenvalue weighted by atomic mass is 10.0. The third-order valence-corrected chi connectivity index (χ3v) is 5.95. The zero-order chi connectivity index (χ0) is 25.0. The maximum Gasteiger partial charge on any atom is 0.243 e. The van der Waals surface area contributed by atoms with Crippen LogP contribution in [0.3, 0.4) is 0 Å². The third kappa shape index (κ3) is 6.04. The van der Waals surface area contributed by atoms with Gasteiger partial charge < -0.3 is 16.6 Å². The molecular weight excluding hydrogens is 362 g/mol. The summed E-state index contributed by atoms with van der Waals surface area (Å²) in [7, 11) is -4.37. The van der Waals surface area contributed by atoms with Gasteiger partial charge in [-0.05, 0) is 42.2 Å². The van der Waals surface area contributed by atoms with Gasteiger partial charge >= 0.3 is 0 Å². The average Bonchev–Trinajstić information content (AvgIpc) is 2.69. The third-order valence-electron chi connectivity index (χ3n) is 4.10. The van der Waals surface area contributed by atoms with Gasteiger partial charge in [0.1, 0.15) is 0 Å². The number of nitrogens with two attached hydrogens (primary N) is 2. The van der Waals surface area contributed by atoms with Crippen molar-refractivity contribution in [3.8, 4) is 0 Å². The van der Waals surface area contributed by atoms with Crippen molar-refractivity contribution < 1.29 is 21.7 Å². The first-order valence-corrected chi connectivity index (χ1v) is 9.89. The molecule has 148 valence electrons. The molecule has 0 aromatic heterocycles. The summed E-state index contributed by atoms with van der Waals surface area (Å²) in [5.74, 6) is -1.97. The number of sulfonamides is 1. The van der Waals surface area contributed by atoms with Crippen LogP contribution in [0.4, 0.5) is 5.69 Å². The highest BCUT2D eigenvalue weighted by Gasteiger charge is 2.29. The molecule has 0 saturated heterocycles. The summed E-state index contributed by atoms with van der Waals surface area (Å²) < 4.78 is 73.1. The zero-order valence-electron chi connectivity index (χ0n) is 20.8. The summed E-state index contributed by atoms with van der Waals surface area (Å²) in [4.78, 5) is -0.213. The summed E-state index contributed by atoms with van der Waals surface area (Å²) >= 11 is 0. The van der Waals surface area contributed by atoms with Gasteiger partial charge in [0.25, 0.3) is 0 Å². The Morgan fingerprint density at radius 3 is 2.30 bits per heavy atom. The smallest absolute Gasteiger partial charge is 0.243 e. The second kappa shape index (κ2) is 9.32. The van der Waals surface area contributed by atoms with Crippen molar-refractivity contribution in [2.24, 2.45) is 11.7 Å². The minimum atomic E-state index is -4.37. The van der Waals surface area contributed by atoms with E-state index in [9.17, 15) is 13.5 Å². The molecule has 5 N–H and O–H groups in total. The van der Waals surface area contributed by atoms with E-state index in [4.69, 9.17) is 19.7 Å². The quantitative estimate of drug-likeness (QED) is 0.559. The fourth-order valence-electron chi connectivity index (χ4n) is 2.63. The number of aliphatic hydroxyl groups excluding tert-OH is 1. The fraction of sp³-hybridized carbons (Fsp3) is 0.400. The Bertz CT molecular complexity index is 984. The first-order chi connectivity index (χ1) is 15.1. The van der Waals surface area contributed by atoms with Crippen LogP contribution in [-0.2, 0) is 16.4 Å². The van der Waals surface area contributed by atoms with E-state index >= 15 is 0 Å². The molecule has 6 nitrogen and oxygen atoms in total. The molecule has 2 rings (SSSR count). The maximum absolute atomic E-state index is 13.3. The van der Waals surface area contributed by atoms with Crippen molar-refractivity contribution in [3.05, 3.63) is 60.2 Å². The van der Waals surface area contributed by atoms with Gasteiger partial charge in [0.2, 0.25) is 10.0 Å². The van der Waals surface area contributed by atoms with Crippen LogP contribution in [0, 0.1) is 5.92 Å². The van der Waals surface area contributed by atoms with Crippen LogP contribution in [0.2, 0.25) is 0 Å². The lowest BCUT2D eigenvalue weighted by Gasteiger charge is -2.28. The monoisotopic (exact) mass is 397 g/mol. The molecule has 27 heavy (non-hydrogen) atoms. The molecule has 2 atom stereocenters. The highest BCUT2D eigenvalue weighted by Crippen LogP contribution is 2.19. The predicted octanol–water partition coefficient (Wildman–Crippen LogP) is 1.85. The molecule has 2 aromatic carbocycles. The average molecular weight is 398 g/mol. The lowest BCUT2D eigenvalue weighted by Crippen LogP contribution is -2.47. The van der Waals surface area contributed by atoms with Crippen molar-refractivity contribution in [1.29, 1.82) is 0 Å². The van der Waals surface area contributed by atoms with E-state index in [-0.39, 0.29) is 11.3 Å². The molecule has 0 aliphatic carbocycles. The van der Waals surface area contributed by atoms with Gasteiger partial charge in [-0.3, -0.25) is 0 Å². The highest BCUT2D eigenvalue weighted by molar-refractivity contribution is 7.89. The minimum Gasteiger partial charge on any atom is -0.399 e. The van der Waals surface area contributed by atoms with E-state index in [2.05, 4.69) is 0 Å². The van der Waals surface area contributed by atoms with Crippen LogP contribution in [0.15, 0.2) is 59.5 Å². The number of rotatable bonds is 9. The van der Waals surface area contributed by atoms with E-state index in [1.165, 1.54) is 24.3 Å². The normalized spacial score (nSPS) is 18.7. The van der Waals surface area contributed by atoms with Crippen LogP contribution in [0.1, 0.15) is 27.5 Å². The molecule has 0 spiro atoms. The van der Waals surface area contributed by atoms with Gasteiger partial charge in [0.15, 0.2) is 0 Å². The molecule has 0 bridgehead atoms. The molecule has 0 saturated carbocycles. The van der Waals surface area contributed by atoms with Gasteiger partial charge in [-0.25, -0.2) is 8.42 Å². The van der Waals surface area contributed by atoms with E-state index < -0.39 is 54.9 Å². The van der Waals surface area contributed by atoms with Crippen molar-refractivity contribution in [1.82, 2.24) is 4.31 Å². The van der Waals surface area contributed by atoms with Gasteiger partial charge in [0, 0.05) is 33.0 Å². The summed E-state index contributed by atoms with van der Waals surface area (Å²) in [5, 5.41) is 10.7. The molecule has 0 amide bonds. The molecular formula is C20H29N3O3S. The Balaban J connectivity index is 2.38. The van der Waals surface area contributed by atoms with E-state index in [1.54, 1.807) is 24.3 Å². The number of aliphatic hydroxyl groups is 1. The first-order valence-electron chi connectivity index (χ1n) is 11.5. The Hall–Kier alpha value is -1.93. The lowest BCUT2D eigenvalue weighted by molar-refractivity contribution is 0.116. The number of hydrogen-bond acceptors (Lipinski definition) is 5. The second-order valence-corrected chi connectivity index (χ2v) is 8.30. The topological polar surface area (TPSA) is 110 Å². The number of anilines is 1. The van der Waals surface area contributed by atoms with Crippen LogP contribution in [0.25, 0.3) is 0 Å². The van der Waals surface area contributed by atoms with E-state index in [0.717, 1.165) is 5.56 Å². The van der Waals surface area contributed by atoms with Gasteiger partial charge in [-0.15, -0.1) is 0 Å². The van der Waals surface area contributed by atoms with Crippen molar-refractivity contribution in [2.45, 2.75) is 37.2 Å². The van der Waals surface area contributed by atoms with Gasteiger partial charge in [-0.1, -0.05) is 44.0 Å². The van der Waals surface area contributed by atoms with Crippen LogP contribution in [-0.4, -0.2) is 43.1 Å². The summed E-state index contributed by atoms with van der Waals surface area (Å²) in [5.41, 5.74) is 12.8. The van der Waals surface area contributed by atoms with Crippen molar-refractivity contribution in [3.63, 3.8) is 0 Å². The number of hydrogen-bond donors (Lipinski definition) is 3. The summed E-state index contributed by atoms with van der Waals surface area (Å²) in [6.07, 6.45) is -1.15. The fourth-order valence-corrected chi connectivity index (χ4v) is 4.10. The summed E-state index contributed by atoms with van der Waals surface area (Å²) in [6.45, 7) is -7.35. The second-order valence-electron chi connectivity index (χ2n) is 6.36. The van der Waals surface area contributed by atoms with Gasteiger partial charge in [-0.2, -0.15) is 4.31 Å². The van der Waals surface area contributed by atoms with Crippen LogP contribution < -0.4 is 11.5 Å². The van der Waals surface area contributed by atoms with E-state index in [0.29, 0.717) is 9.99 Å². The molecule has 7 heteroatoms. The Morgan fingerprint density at radius 2 is 1.70 bits per heavy atom. The largest absolute Gasteiger partial charge is 0.399 e. The van der Waals surface area contributed by atoms with Crippen molar-refractivity contribution in [2.75, 3.05) is 18.8 Å². The minimum absolute atomic E-state index is 0.213. The molecule has 0 aliphatic heterocycles. The zero-order valence-corrected chi connectivity index (χ0v) is 15.6. The molecule has 2 aromatic rings. The Kier molecular flexibility index (Phi) is 4.88. The number of nitrogens with zero attached hydrogens (tertiary/aromatic N) is 1. The number of nitrogen functional groups attached to an aromatic ring is 1. The van der Waals surface area contributed by atoms with Crippen LogP contribution in [0.5, 0.6) is 0 Å². The highest BCUT2D eigenvalue weighted by atomic mass is 32.2. The first kappa shape index (κ1) is 14.1. The molecule has 0 aliphatic rings. The molecule has 0 radical (unpaired) electrons. The molecule has 0 heterocycles. The molecule has 0 fully saturated rings. The summed E-state index contributed by atoms with van der Waals surface area (Å²) in [6, 6.07) is 13.3. The maximum atomic E-state index is 13.3. The van der Waals surface area contributed by atoms with Crippen LogP contribution >= 0.6 is 0 Å². The Morgan fingerprint density at radius 1 is 1.07 bits per heavy atom. The predicted molar refractivity (Wildman–Crippen MR) is 109 cm³/mol. The SMILES string of the molecule is [2H]C([2H])([2H])C(CN(C[C@@H](O)[C@@H](N)Cc1ccccc1)S(=O)(=O)c1ccc(N)cc1)C([2H])([2H])[2H]. The standard InChI is InChI=1S/C20H29N3O3S/c1-15(2)13-23(27(25,26)18-10-8-17(21)9-11-18)14-20(24)19(22)12-16-6-4-3-5-7-16/h3-11,15,19-20,24H,12-14,21-22H2,1-2H3/t19-,20+/m0/s1/i1D3,2D3. The number of benzene rings is 2. The molecule has 0 unspecified atom stereocenters. The van der Waals surface area contributed by atoms with Gasteiger partial charge in [0.05, 0.1) is 11.0 Å². The van der Waals surface area contributed by atoms with E-state index in [1.807, 2.05) is 6.07 Å².